The Bertz CT molecular complexity index is 528. The van der Waals surface area contributed by atoms with E-state index in [1.54, 1.807) is 0 Å². The van der Waals surface area contributed by atoms with E-state index >= 15 is 0 Å². The number of carbonyl (C=O) groups excluding carboxylic acids is 1. The summed E-state index contributed by atoms with van der Waals surface area (Å²) in [6.07, 6.45) is -0.289. The standard InChI is InChI=1S/C20H36O4Si/c1-7-25(8-2,9-3)24-17-11-10-15(21)19(23)14-12-16(22)13(4)18(17)20(14,5)6/h14,16-17,19,22-23H,7-12H2,1-6H3/t14?,16-,17+,19-/m0/s1. The molecule has 25 heavy (non-hydrogen) atoms. The van der Waals surface area contributed by atoms with Crippen molar-refractivity contribution in [1.82, 2.24) is 0 Å². The predicted octanol–water partition coefficient (Wildman–Crippen LogP) is 3.82. The molecule has 0 saturated heterocycles. The first-order valence-corrected chi connectivity index (χ1v) is 12.4. The van der Waals surface area contributed by atoms with E-state index in [1.165, 1.54) is 0 Å². The topological polar surface area (TPSA) is 66.8 Å². The average molecular weight is 369 g/mol. The normalized spacial score (nSPS) is 33.2. The molecule has 144 valence electrons. The molecule has 1 saturated carbocycles. The van der Waals surface area contributed by atoms with Crippen molar-refractivity contribution in [2.45, 2.75) is 97.2 Å². The lowest BCUT2D eigenvalue weighted by molar-refractivity contribution is -0.135. The Kier molecular flexibility index (Phi) is 6.35. The minimum atomic E-state index is -1.84. The summed E-state index contributed by atoms with van der Waals surface area (Å²) < 4.78 is 6.82. The third kappa shape index (κ3) is 3.66. The summed E-state index contributed by atoms with van der Waals surface area (Å²) in [5, 5.41) is 21.2. The van der Waals surface area contributed by atoms with Crippen LogP contribution in [-0.4, -0.2) is 42.6 Å². The van der Waals surface area contributed by atoms with E-state index in [0.717, 1.165) is 29.3 Å². The van der Waals surface area contributed by atoms with E-state index in [2.05, 4.69) is 34.6 Å². The van der Waals surface area contributed by atoms with Gasteiger partial charge in [0.15, 0.2) is 14.1 Å². The van der Waals surface area contributed by atoms with E-state index in [4.69, 9.17) is 4.43 Å². The number of carbonyl (C=O) groups is 1. The van der Waals surface area contributed by atoms with Gasteiger partial charge in [-0.15, -0.1) is 0 Å². The number of aliphatic hydroxyl groups excluding tert-OH is 2. The minimum absolute atomic E-state index is 0.103. The molecule has 4 nitrogen and oxygen atoms in total. The molecule has 0 aliphatic heterocycles. The van der Waals surface area contributed by atoms with E-state index in [-0.39, 0.29) is 23.2 Å². The van der Waals surface area contributed by atoms with Crippen LogP contribution >= 0.6 is 0 Å². The first-order valence-electron chi connectivity index (χ1n) is 9.91. The fourth-order valence-corrected chi connectivity index (χ4v) is 7.84. The molecule has 0 radical (unpaired) electrons. The maximum atomic E-state index is 12.5. The largest absolute Gasteiger partial charge is 0.410 e. The molecule has 0 spiro atoms. The molecule has 0 heterocycles. The number of aliphatic hydroxyl groups is 2. The molecule has 5 heteroatoms. The van der Waals surface area contributed by atoms with Gasteiger partial charge < -0.3 is 14.6 Å². The highest BCUT2D eigenvalue weighted by atomic mass is 28.4. The summed E-state index contributed by atoms with van der Waals surface area (Å²) in [5.41, 5.74) is 1.77. The van der Waals surface area contributed by atoms with Crippen molar-refractivity contribution < 1.29 is 19.4 Å². The Labute approximate surface area is 153 Å². The zero-order chi connectivity index (χ0) is 19.0. The monoisotopic (exact) mass is 368 g/mol. The molecule has 4 atom stereocenters. The lowest BCUT2D eigenvalue weighted by Crippen LogP contribution is -2.52. The Hall–Kier alpha value is -0.493. The Balaban J connectivity index is 2.52. The van der Waals surface area contributed by atoms with Gasteiger partial charge in [0.25, 0.3) is 0 Å². The molecule has 0 aromatic rings. The van der Waals surface area contributed by atoms with Gasteiger partial charge in [0.2, 0.25) is 0 Å². The number of ketones is 1. The van der Waals surface area contributed by atoms with Crippen LogP contribution in [0.15, 0.2) is 11.1 Å². The lowest BCUT2D eigenvalue weighted by atomic mass is 9.59. The van der Waals surface area contributed by atoms with Crippen LogP contribution in [0.2, 0.25) is 18.1 Å². The van der Waals surface area contributed by atoms with Crippen LogP contribution < -0.4 is 0 Å². The van der Waals surface area contributed by atoms with E-state index in [1.807, 2.05) is 6.92 Å². The highest BCUT2D eigenvalue weighted by Gasteiger charge is 2.50. The van der Waals surface area contributed by atoms with Crippen LogP contribution in [0.5, 0.6) is 0 Å². The fourth-order valence-electron chi connectivity index (χ4n) is 5.00. The highest BCUT2D eigenvalue weighted by molar-refractivity contribution is 6.73. The molecule has 1 unspecified atom stereocenters. The first-order chi connectivity index (χ1) is 11.6. The van der Waals surface area contributed by atoms with Crippen molar-refractivity contribution in [3.8, 4) is 0 Å². The van der Waals surface area contributed by atoms with E-state index in [0.29, 0.717) is 19.3 Å². The molecule has 2 aliphatic rings. The fraction of sp³-hybridized carbons (Fsp3) is 0.850. The molecular weight excluding hydrogens is 332 g/mol. The van der Waals surface area contributed by atoms with Gasteiger partial charge in [-0.2, -0.15) is 0 Å². The summed E-state index contributed by atoms with van der Waals surface area (Å²) in [4.78, 5) is 12.5. The van der Waals surface area contributed by atoms with Crippen LogP contribution in [0, 0.1) is 11.3 Å². The summed E-state index contributed by atoms with van der Waals surface area (Å²) in [7, 11) is -1.84. The zero-order valence-electron chi connectivity index (χ0n) is 16.8. The van der Waals surface area contributed by atoms with Gasteiger partial charge in [0.1, 0.15) is 6.10 Å². The quantitative estimate of drug-likeness (QED) is 0.572. The van der Waals surface area contributed by atoms with Gasteiger partial charge in [-0.25, -0.2) is 0 Å². The second-order valence-electron chi connectivity index (χ2n) is 8.48. The van der Waals surface area contributed by atoms with Crippen molar-refractivity contribution in [3.63, 3.8) is 0 Å². The van der Waals surface area contributed by atoms with Gasteiger partial charge >= 0.3 is 0 Å². The van der Waals surface area contributed by atoms with Gasteiger partial charge in [-0.05, 0) is 54.5 Å². The smallest absolute Gasteiger partial charge is 0.192 e. The van der Waals surface area contributed by atoms with Crippen molar-refractivity contribution >= 4 is 14.1 Å². The number of hydrogen-bond acceptors (Lipinski definition) is 4. The van der Waals surface area contributed by atoms with E-state index in [9.17, 15) is 15.0 Å². The van der Waals surface area contributed by atoms with Crippen LogP contribution in [0.4, 0.5) is 0 Å². The van der Waals surface area contributed by atoms with Crippen LogP contribution in [-0.2, 0) is 9.22 Å². The summed E-state index contributed by atoms with van der Waals surface area (Å²) >= 11 is 0. The Morgan fingerprint density at radius 1 is 1.16 bits per heavy atom. The third-order valence-electron chi connectivity index (χ3n) is 7.03. The molecule has 2 aliphatic carbocycles. The van der Waals surface area contributed by atoms with Gasteiger partial charge in [0.05, 0.1) is 12.2 Å². The van der Waals surface area contributed by atoms with E-state index < -0.39 is 20.5 Å². The van der Waals surface area contributed by atoms with Crippen molar-refractivity contribution in [2.75, 3.05) is 0 Å². The summed E-state index contributed by atoms with van der Waals surface area (Å²) in [5.74, 6) is -0.352. The van der Waals surface area contributed by atoms with Gasteiger partial charge in [-0.3, -0.25) is 4.79 Å². The summed E-state index contributed by atoms with van der Waals surface area (Å²) in [6, 6.07) is 3.18. The Morgan fingerprint density at radius 3 is 2.24 bits per heavy atom. The maximum absolute atomic E-state index is 12.5. The molecule has 0 amide bonds. The first kappa shape index (κ1) is 20.8. The second kappa shape index (κ2) is 7.63. The highest BCUT2D eigenvalue weighted by Crippen LogP contribution is 2.51. The minimum Gasteiger partial charge on any atom is -0.410 e. The molecule has 2 rings (SSSR count). The van der Waals surface area contributed by atoms with Gasteiger partial charge in [-0.1, -0.05) is 34.6 Å². The second-order valence-corrected chi connectivity index (χ2v) is 13.2. The summed E-state index contributed by atoms with van der Waals surface area (Å²) in [6.45, 7) is 12.8. The Morgan fingerprint density at radius 2 is 1.72 bits per heavy atom. The number of fused-ring (bicyclic) bond motifs is 2. The SMILES string of the molecule is CC[Si](CC)(CC)O[C@@H]1CCC(=O)[C@@H](O)C2C[C@H](O)C(C)=C1C2(C)C. The number of Topliss-reactive ketones (excluding diaryl/α,β-unsaturated/α-hetero) is 1. The van der Waals surface area contributed by atoms with Gasteiger partial charge in [0, 0.05) is 12.3 Å². The zero-order valence-corrected chi connectivity index (χ0v) is 17.8. The molecule has 2 N–H and O–H groups in total. The van der Waals surface area contributed by atoms with Crippen molar-refractivity contribution in [3.05, 3.63) is 11.1 Å². The molecule has 0 aromatic heterocycles. The molecule has 2 bridgehead atoms. The third-order valence-corrected chi connectivity index (χ3v) is 11.7. The lowest BCUT2D eigenvalue weighted by Gasteiger charge is -2.50. The van der Waals surface area contributed by atoms with Crippen LogP contribution in [0.25, 0.3) is 0 Å². The average Bonchev–Trinajstić information content (AvgIpc) is 2.58. The molecular formula is C20H36O4Si. The molecule has 1 fully saturated rings. The van der Waals surface area contributed by atoms with Crippen molar-refractivity contribution in [2.24, 2.45) is 11.3 Å². The van der Waals surface area contributed by atoms with Crippen molar-refractivity contribution in [1.29, 1.82) is 0 Å². The van der Waals surface area contributed by atoms with Crippen LogP contribution in [0.3, 0.4) is 0 Å². The van der Waals surface area contributed by atoms with Crippen LogP contribution in [0.1, 0.15) is 60.8 Å². The predicted molar refractivity (Wildman–Crippen MR) is 103 cm³/mol. The number of rotatable bonds is 5. The number of hydrogen-bond donors (Lipinski definition) is 2. The molecule has 0 aromatic carbocycles. The maximum Gasteiger partial charge on any atom is 0.192 e.